The molecule has 1 N–H and O–H groups in total. The number of benzene rings is 1. The van der Waals surface area contributed by atoms with E-state index in [1.165, 1.54) is 0 Å². The van der Waals surface area contributed by atoms with E-state index in [0.29, 0.717) is 0 Å². The number of nitrogens with zero attached hydrogens (tertiary/aromatic N) is 1. The number of fused-ring (bicyclic) bond motifs is 1. The maximum atomic E-state index is 12.2. The Balaban J connectivity index is 2.71. The highest BCUT2D eigenvalue weighted by atomic mass is 16.5. The van der Waals surface area contributed by atoms with Crippen LogP contribution in [-0.2, 0) is 16.3 Å². The molecular formula is C12H16NO2. The molecule has 3 heteroatoms. The van der Waals surface area contributed by atoms with Crippen molar-refractivity contribution in [3.63, 3.8) is 0 Å². The van der Waals surface area contributed by atoms with Gasteiger partial charge in [0.15, 0.2) is 0 Å². The smallest absolute Gasteiger partial charge is 0.115 e. The summed E-state index contributed by atoms with van der Waals surface area (Å²) in [6, 6.07) is 5.16. The summed E-state index contributed by atoms with van der Waals surface area (Å²) in [6.07, 6.45) is 0. The molecule has 81 valence electrons. The quantitative estimate of drug-likeness (QED) is 0.708. The molecule has 1 heterocycles. The summed E-state index contributed by atoms with van der Waals surface area (Å²) in [6.45, 7) is 7.58. The third kappa shape index (κ3) is 1.20. The molecule has 1 aliphatic rings. The van der Waals surface area contributed by atoms with Gasteiger partial charge in [-0.25, -0.2) is 0 Å². The van der Waals surface area contributed by atoms with Gasteiger partial charge in [0.05, 0.1) is 11.1 Å². The molecule has 0 spiro atoms. The van der Waals surface area contributed by atoms with Crippen molar-refractivity contribution in [3.05, 3.63) is 29.3 Å². The van der Waals surface area contributed by atoms with Crippen LogP contribution in [0.1, 0.15) is 38.8 Å². The zero-order valence-corrected chi connectivity index (χ0v) is 9.53. The first kappa shape index (κ1) is 10.5. The summed E-state index contributed by atoms with van der Waals surface area (Å²) in [5.41, 5.74) is 0.826. The highest BCUT2D eigenvalue weighted by molar-refractivity contribution is 5.46. The van der Waals surface area contributed by atoms with Crippen LogP contribution in [0.5, 0.6) is 5.75 Å². The monoisotopic (exact) mass is 206 g/mol. The third-order valence-electron chi connectivity index (χ3n) is 3.34. The molecule has 1 aromatic rings. The van der Waals surface area contributed by atoms with Crippen molar-refractivity contribution in [1.82, 2.24) is 5.06 Å². The third-order valence-corrected chi connectivity index (χ3v) is 3.34. The first-order valence-corrected chi connectivity index (χ1v) is 5.09. The molecule has 0 aliphatic carbocycles. The molecule has 0 amide bonds. The standard InChI is InChI=1S/C12H16NO2/c1-11(2)9-6-5-8(14)7-10(9)12(3,4)13(11)15/h5-7,14H,1-4H3. The maximum Gasteiger partial charge on any atom is 0.115 e. The van der Waals surface area contributed by atoms with Gasteiger partial charge in [-0.2, -0.15) is 0 Å². The lowest BCUT2D eigenvalue weighted by atomic mass is 9.90. The molecule has 0 atom stereocenters. The molecule has 2 rings (SSSR count). The average molecular weight is 206 g/mol. The number of rotatable bonds is 0. The number of hydrogen-bond donors (Lipinski definition) is 1. The fraction of sp³-hybridized carbons (Fsp3) is 0.500. The second-order valence-corrected chi connectivity index (χ2v) is 5.14. The molecule has 0 aromatic heterocycles. The topological polar surface area (TPSA) is 43.4 Å². The zero-order valence-electron chi connectivity index (χ0n) is 9.53. The summed E-state index contributed by atoms with van der Waals surface area (Å²) in [5.74, 6) is 0.216. The first-order chi connectivity index (χ1) is 6.78. The van der Waals surface area contributed by atoms with Gasteiger partial charge in [0, 0.05) is 0 Å². The number of aromatic hydroxyl groups is 1. The molecular weight excluding hydrogens is 190 g/mol. The Morgan fingerprint density at radius 1 is 1.07 bits per heavy atom. The lowest BCUT2D eigenvalue weighted by Gasteiger charge is -2.32. The minimum atomic E-state index is -0.572. The highest BCUT2D eigenvalue weighted by Gasteiger charge is 2.49. The molecule has 1 aliphatic heterocycles. The summed E-state index contributed by atoms with van der Waals surface area (Å²) in [7, 11) is 0. The molecule has 3 nitrogen and oxygen atoms in total. The SMILES string of the molecule is CC1(C)c2ccc(O)cc2C(C)(C)N1[O]. The van der Waals surface area contributed by atoms with Gasteiger partial charge in [-0.1, -0.05) is 6.07 Å². The van der Waals surface area contributed by atoms with E-state index in [0.717, 1.165) is 16.2 Å². The summed E-state index contributed by atoms with van der Waals surface area (Å²) < 4.78 is 0. The van der Waals surface area contributed by atoms with E-state index in [-0.39, 0.29) is 5.75 Å². The Kier molecular flexibility index (Phi) is 1.91. The van der Waals surface area contributed by atoms with E-state index in [2.05, 4.69) is 0 Å². The van der Waals surface area contributed by atoms with Crippen molar-refractivity contribution in [1.29, 1.82) is 0 Å². The van der Waals surface area contributed by atoms with Gasteiger partial charge in [0.25, 0.3) is 0 Å². The van der Waals surface area contributed by atoms with Crippen LogP contribution in [0.4, 0.5) is 0 Å². The van der Waals surface area contributed by atoms with Gasteiger partial charge in [-0.15, -0.1) is 10.3 Å². The molecule has 1 aromatic carbocycles. The lowest BCUT2D eigenvalue weighted by molar-refractivity contribution is -0.266. The van der Waals surface area contributed by atoms with Crippen LogP contribution >= 0.6 is 0 Å². The van der Waals surface area contributed by atoms with Crippen molar-refractivity contribution >= 4 is 0 Å². The Labute approximate surface area is 89.9 Å². The molecule has 0 saturated heterocycles. The predicted octanol–water partition coefficient (Wildman–Crippen LogP) is 2.52. The van der Waals surface area contributed by atoms with E-state index in [4.69, 9.17) is 0 Å². The zero-order chi connectivity index (χ0) is 11.4. The molecule has 15 heavy (non-hydrogen) atoms. The van der Waals surface area contributed by atoms with Gasteiger partial charge in [-0.3, -0.25) is 0 Å². The Morgan fingerprint density at radius 3 is 2.20 bits per heavy atom. The van der Waals surface area contributed by atoms with E-state index >= 15 is 0 Å². The number of phenols is 1. The van der Waals surface area contributed by atoms with Crippen LogP contribution in [0.15, 0.2) is 18.2 Å². The van der Waals surface area contributed by atoms with E-state index in [1.807, 2.05) is 33.8 Å². The summed E-state index contributed by atoms with van der Waals surface area (Å²) in [4.78, 5) is 0. The van der Waals surface area contributed by atoms with Crippen molar-refractivity contribution in [2.45, 2.75) is 38.8 Å². The summed E-state index contributed by atoms with van der Waals surface area (Å²) >= 11 is 0. The van der Waals surface area contributed by atoms with Crippen LogP contribution in [0.25, 0.3) is 0 Å². The normalized spacial score (nSPS) is 22.7. The molecule has 0 fully saturated rings. The lowest BCUT2D eigenvalue weighted by Crippen LogP contribution is -2.41. The Bertz CT molecular complexity index is 410. The van der Waals surface area contributed by atoms with Crippen LogP contribution < -0.4 is 0 Å². The van der Waals surface area contributed by atoms with Crippen molar-refractivity contribution in [2.24, 2.45) is 0 Å². The number of hydroxylamine groups is 2. The fourth-order valence-corrected chi connectivity index (χ4v) is 2.49. The minimum absolute atomic E-state index is 0.216. The van der Waals surface area contributed by atoms with Gasteiger partial charge < -0.3 is 5.11 Å². The van der Waals surface area contributed by atoms with Gasteiger partial charge >= 0.3 is 0 Å². The summed E-state index contributed by atoms with van der Waals surface area (Å²) in [5, 5.41) is 22.7. The molecule has 0 unspecified atom stereocenters. The van der Waals surface area contributed by atoms with E-state index in [9.17, 15) is 10.3 Å². The fourth-order valence-electron chi connectivity index (χ4n) is 2.49. The van der Waals surface area contributed by atoms with Crippen LogP contribution in [-0.4, -0.2) is 10.2 Å². The Morgan fingerprint density at radius 2 is 1.60 bits per heavy atom. The second-order valence-electron chi connectivity index (χ2n) is 5.14. The van der Waals surface area contributed by atoms with E-state index in [1.54, 1.807) is 12.1 Å². The average Bonchev–Trinajstić information content (AvgIpc) is 2.26. The molecule has 1 radical (unpaired) electrons. The van der Waals surface area contributed by atoms with Crippen LogP contribution in [0, 0.1) is 0 Å². The largest absolute Gasteiger partial charge is 0.508 e. The van der Waals surface area contributed by atoms with Crippen molar-refractivity contribution < 1.29 is 10.3 Å². The highest BCUT2D eigenvalue weighted by Crippen LogP contribution is 2.48. The van der Waals surface area contributed by atoms with Crippen LogP contribution in [0.3, 0.4) is 0 Å². The van der Waals surface area contributed by atoms with Crippen molar-refractivity contribution in [3.8, 4) is 5.75 Å². The minimum Gasteiger partial charge on any atom is -0.508 e. The molecule has 0 saturated carbocycles. The predicted molar refractivity (Wildman–Crippen MR) is 56.7 cm³/mol. The Hall–Kier alpha value is -1.06. The van der Waals surface area contributed by atoms with Crippen LogP contribution in [0.2, 0.25) is 0 Å². The molecule has 0 bridgehead atoms. The first-order valence-electron chi connectivity index (χ1n) is 5.09. The maximum absolute atomic E-state index is 12.2. The second kappa shape index (κ2) is 2.74. The number of hydrogen-bond acceptors (Lipinski definition) is 2. The number of phenolic OH excluding ortho intramolecular Hbond substituents is 1. The van der Waals surface area contributed by atoms with Crippen molar-refractivity contribution in [2.75, 3.05) is 0 Å². The van der Waals surface area contributed by atoms with Gasteiger partial charge in [0.2, 0.25) is 0 Å². The van der Waals surface area contributed by atoms with Gasteiger partial charge in [-0.05, 0) is 51.0 Å². The van der Waals surface area contributed by atoms with Gasteiger partial charge in [0.1, 0.15) is 5.75 Å². The van der Waals surface area contributed by atoms with E-state index < -0.39 is 11.1 Å².